The minimum atomic E-state index is -4.43. The number of thioether (sulfide) groups is 1. The third kappa shape index (κ3) is 3.56. The van der Waals surface area contributed by atoms with Crippen LogP contribution in [0.5, 0.6) is 0 Å². The van der Waals surface area contributed by atoms with Gasteiger partial charge < -0.3 is 9.73 Å². The van der Waals surface area contributed by atoms with Gasteiger partial charge in [-0.3, -0.25) is 4.90 Å². The molecule has 1 aliphatic rings. The van der Waals surface area contributed by atoms with E-state index >= 15 is 0 Å². The number of piperazine rings is 1. The highest BCUT2D eigenvalue weighted by Gasteiger charge is 2.34. The standard InChI is InChI=1S/C14H16F3N3OS/c15-14(16,17)10-2-1-3-11-12(10)21-13(19-11)22-9-8-20-6-4-18-5-7-20/h1-3,18H,4-9H2. The lowest BCUT2D eigenvalue weighted by atomic mass is 10.2. The van der Waals surface area contributed by atoms with Crippen molar-refractivity contribution in [3.05, 3.63) is 23.8 Å². The molecule has 0 unspecified atom stereocenters. The number of fused-ring (bicyclic) bond motifs is 1. The lowest BCUT2D eigenvalue weighted by Crippen LogP contribution is -2.44. The molecule has 22 heavy (non-hydrogen) atoms. The molecule has 4 nitrogen and oxygen atoms in total. The number of nitrogens with zero attached hydrogens (tertiary/aromatic N) is 2. The molecule has 8 heteroatoms. The third-order valence-electron chi connectivity index (χ3n) is 3.54. The van der Waals surface area contributed by atoms with Crippen molar-refractivity contribution in [3.8, 4) is 0 Å². The minimum Gasteiger partial charge on any atom is -0.431 e. The van der Waals surface area contributed by atoms with Crippen molar-refractivity contribution in [2.45, 2.75) is 11.4 Å². The Kier molecular flexibility index (Phi) is 4.60. The van der Waals surface area contributed by atoms with Gasteiger partial charge in [0.25, 0.3) is 5.22 Å². The Morgan fingerprint density at radius 3 is 2.77 bits per heavy atom. The van der Waals surface area contributed by atoms with Gasteiger partial charge in [-0.15, -0.1) is 0 Å². The van der Waals surface area contributed by atoms with E-state index in [1.54, 1.807) is 0 Å². The zero-order valence-corrected chi connectivity index (χ0v) is 12.6. The van der Waals surface area contributed by atoms with Gasteiger partial charge in [-0.1, -0.05) is 17.8 Å². The van der Waals surface area contributed by atoms with Crippen LogP contribution in [0.4, 0.5) is 13.2 Å². The van der Waals surface area contributed by atoms with E-state index in [0.29, 0.717) is 5.22 Å². The van der Waals surface area contributed by atoms with Gasteiger partial charge in [-0.25, -0.2) is 4.98 Å². The molecule has 2 aromatic rings. The number of hydrogen-bond acceptors (Lipinski definition) is 5. The minimum absolute atomic E-state index is 0.181. The van der Waals surface area contributed by atoms with E-state index < -0.39 is 11.7 Å². The molecular formula is C14H16F3N3OS. The van der Waals surface area contributed by atoms with Crippen molar-refractivity contribution in [1.29, 1.82) is 0 Å². The van der Waals surface area contributed by atoms with Crippen molar-refractivity contribution in [2.24, 2.45) is 0 Å². The van der Waals surface area contributed by atoms with E-state index in [9.17, 15) is 13.2 Å². The Hall–Kier alpha value is -1.25. The van der Waals surface area contributed by atoms with Crippen molar-refractivity contribution < 1.29 is 17.6 Å². The number of nitrogens with one attached hydrogen (secondary N) is 1. The second-order valence-corrected chi connectivity index (χ2v) is 6.12. The van der Waals surface area contributed by atoms with E-state index in [1.165, 1.54) is 23.9 Å². The first kappa shape index (κ1) is 15.6. The number of para-hydroxylation sites is 1. The quantitative estimate of drug-likeness (QED) is 0.873. The molecular weight excluding hydrogens is 315 g/mol. The number of aromatic nitrogens is 1. The van der Waals surface area contributed by atoms with Crippen LogP contribution in [0.2, 0.25) is 0 Å². The normalized spacial score (nSPS) is 17.2. The predicted octanol–water partition coefficient (Wildman–Crippen LogP) is 2.84. The van der Waals surface area contributed by atoms with E-state index in [1.807, 2.05) is 0 Å². The fourth-order valence-electron chi connectivity index (χ4n) is 2.41. The summed E-state index contributed by atoms with van der Waals surface area (Å²) in [5.74, 6) is 0.744. The first-order valence-electron chi connectivity index (χ1n) is 7.07. The summed E-state index contributed by atoms with van der Waals surface area (Å²) in [5.41, 5.74) is -0.703. The number of oxazole rings is 1. The van der Waals surface area contributed by atoms with Crippen LogP contribution in [0.15, 0.2) is 27.8 Å². The molecule has 1 saturated heterocycles. The van der Waals surface area contributed by atoms with Gasteiger partial charge in [0, 0.05) is 38.5 Å². The maximum Gasteiger partial charge on any atom is 0.420 e. The smallest absolute Gasteiger partial charge is 0.420 e. The molecule has 1 aromatic carbocycles. The summed E-state index contributed by atoms with van der Waals surface area (Å²) in [6.07, 6.45) is -4.43. The van der Waals surface area contributed by atoms with Gasteiger partial charge in [0.1, 0.15) is 11.1 Å². The predicted molar refractivity (Wildman–Crippen MR) is 79.0 cm³/mol. The molecule has 1 aliphatic heterocycles. The fraction of sp³-hybridized carbons (Fsp3) is 0.500. The molecule has 0 radical (unpaired) electrons. The number of alkyl halides is 3. The summed E-state index contributed by atoms with van der Waals surface area (Å²) in [7, 11) is 0. The Labute approximate surface area is 130 Å². The molecule has 1 N–H and O–H groups in total. The van der Waals surface area contributed by atoms with Crippen LogP contribution >= 0.6 is 11.8 Å². The highest BCUT2D eigenvalue weighted by Crippen LogP contribution is 2.36. The maximum atomic E-state index is 12.9. The van der Waals surface area contributed by atoms with Crippen LogP contribution < -0.4 is 5.32 Å². The van der Waals surface area contributed by atoms with Crippen LogP contribution in [-0.2, 0) is 6.18 Å². The topological polar surface area (TPSA) is 41.3 Å². The van der Waals surface area contributed by atoms with Crippen LogP contribution in [-0.4, -0.2) is 48.4 Å². The zero-order chi connectivity index (χ0) is 15.6. The fourth-order valence-corrected chi connectivity index (χ4v) is 3.24. The zero-order valence-electron chi connectivity index (χ0n) is 11.8. The lowest BCUT2D eigenvalue weighted by molar-refractivity contribution is -0.136. The number of benzene rings is 1. The monoisotopic (exact) mass is 331 g/mol. The van der Waals surface area contributed by atoms with E-state index in [-0.39, 0.29) is 11.1 Å². The average molecular weight is 331 g/mol. The van der Waals surface area contributed by atoms with Crippen LogP contribution in [0.25, 0.3) is 11.1 Å². The van der Waals surface area contributed by atoms with Gasteiger partial charge in [0.2, 0.25) is 0 Å². The molecule has 0 spiro atoms. The van der Waals surface area contributed by atoms with Crippen LogP contribution in [0.1, 0.15) is 5.56 Å². The molecule has 0 atom stereocenters. The summed E-state index contributed by atoms with van der Waals surface area (Å²) in [6.45, 7) is 4.81. The second-order valence-electron chi connectivity index (χ2n) is 5.07. The molecule has 0 amide bonds. The van der Waals surface area contributed by atoms with Crippen LogP contribution in [0, 0.1) is 0 Å². The summed E-state index contributed by atoms with van der Waals surface area (Å²) in [6, 6.07) is 3.90. The first-order valence-corrected chi connectivity index (χ1v) is 8.05. The van der Waals surface area contributed by atoms with Gasteiger partial charge in [0.15, 0.2) is 5.58 Å². The maximum absolute atomic E-state index is 12.9. The molecule has 0 aliphatic carbocycles. The number of hydrogen-bond donors (Lipinski definition) is 1. The van der Waals surface area contributed by atoms with E-state index in [2.05, 4.69) is 15.2 Å². The molecule has 2 heterocycles. The largest absolute Gasteiger partial charge is 0.431 e. The number of rotatable bonds is 4. The lowest BCUT2D eigenvalue weighted by Gasteiger charge is -2.26. The Morgan fingerprint density at radius 2 is 2.05 bits per heavy atom. The summed E-state index contributed by atoms with van der Waals surface area (Å²) >= 11 is 1.35. The molecule has 3 rings (SSSR count). The molecule has 0 saturated carbocycles. The van der Waals surface area contributed by atoms with Crippen molar-refractivity contribution >= 4 is 22.9 Å². The van der Waals surface area contributed by atoms with Crippen molar-refractivity contribution in [3.63, 3.8) is 0 Å². The molecule has 1 fully saturated rings. The van der Waals surface area contributed by atoms with Gasteiger partial charge in [-0.2, -0.15) is 13.2 Å². The Morgan fingerprint density at radius 1 is 1.27 bits per heavy atom. The summed E-state index contributed by atoms with van der Waals surface area (Å²) in [4.78, 5) is 6.45. The molecule has 120 valence electrons. The average Bonchev–Trinajstić information content (AvgIpc) is 2.89. The van der Waals surface area contributed by atoms with Gasteiger partial charge >= 0.3 is 6.18 Å². The van der Waals surface area contributed by atoms with Gasteiger partial charge in [-0.05, 0) is 12.1 Å². The summed E-state index contributed by atoms with van der Waals surface area (Å²) in [5, 5.41) is 3.57. The Balaban J connectivity index is 1.67. The number of halogens is 3. The highest BCUT2D eigenvalue weighted by molar-refractivity contribution is 7.99. The molecule has 0 bridgehead atoms. The third-order valence-corrected chi connectivity index (χ3v) is 4.35. The van der Waals surface area contributed by atoms with Gasteiger partial charge in [0.05, 0.1) is 0 Å². The molecule has 1 aromatic heterocycles. The highest BCUT2D eigenvalue weighted by atomic mass is 32.2. The SMILES string of the molecule is FC(F)(F)c1cccc2nc(SCCN3CCNCC3)oc12. The van der Waals surface area contributed by atoms with E-state index in [4.69, 9.17) is 4.42 Å². The van der Waals surface area contributed by atoms with E-state index in [0.717, 1.165) is 44.5 Å². The van der Waals surface area contributed by atoms with Crippen molar-refractivity contribution in [2.75, 3.05) is 38.5 Å². The first-order chi connectivity index (χ1) is 10.5. The second kappa shape index (κ2) is 6.47. The van der Waals surface area contributed by atoms with Crippen molar-refractivity contribution in [1.82, 2.24) is 15.2 Å². The van der Waals surface area contributed by atoms with Crippen LogP contribution in [0.3, 0.4) is 0 Å². The Bertz CT molecular complexity index is 638. The summed E-state index contributed by atoms with van der Waals surface area (Å²) < 4.78 is 44.1.